The predicted octanol–water partition coefficient (Wildman–Crippen LogP) is 2.00. The van der Waals surface area contributed by atoms with Crippen LogP contribution in [0.3, 0.4) is 0 Å². The maximum Gasteiger partial charge on any atom is 0.269 e. The molecule has 0 aliphatic carbocycles. The number of amides is 1. The van der Waals surface area contributed by atoms with E-state index >= 15 is 0 Å². The zero-order valence-electron chi connectivity index (χ0n) is 19.0. The van der Waals surface area contributed by atoms with Gasteiger partial charge >= 0.3 is 0 Å². The Morgan fingerprint density at radius 3 is 2.74 bits per heavy atom. The van der Waals surface area contributed by atoms with Crippen molar-refractivity contribution in [2.24, 2.45) is 0 Å². The summed E-state index contributed by atoms with van der Waals surface area (Å²) in [5.41, 5.74) is 0.973. The fraction of sp³-hybridized carbons (Fsp3) is 0.217. The van der Waals surface area contributed by atoms with Crippen LogP contribution >= 0.6 is 0 Å². The standard InChI is InChI=1S/C23H22N6O6/c1-34-17-6-7-18(20(11-17)35-2)22(30)24-8-9-28-21-19(12-26-28)23(31)27(14-25-21)13-15-4-3-5-16(10-15)29(32)33/h3-7,10-12,14H,8-9,13H2,1-2H3,(H,24,30). The van der Waals surface area contributed by atoms with Gasteiger partial charge in [-0.1, -0.05) is 12.1 Å². The quantitative estimate of drug-likeness (QED) is 0.284. The molecular weight excluding hydrogens is 456 g/mol. The van der Waals surface area contributed by atoms with E-state index in [0.29, 0.717) is 33.7 Å². The maximum atomic E-state index is 12.9. The van der Waals surface area contributed by atoms with Crippen LogP contribution in [-0.2, 0) is 13.1 Å². The Labute approximate surface area is 198 Å². The number of hydrogen-bond donors (Lipinski definition) is 1. The Bertz CT molecular complexity index is 1460. The fourth-order valence-corrected chi connectivity index (χ4v) is 3.60. The Kier molecular flexibility index (Phi) is 6.71. The first kappa shape index (κ1) is 23.4. The number of fused-ring (bicyclic) bond motifs is 1. The number of nitro groups is 1. The number of ether oxygens (including phenoxy) is 2. The lowest BCUT2D eigenvalue weighted by Gasteiger charge is -2.11. The molecule has 0 aliphatic rings. The first-order chi connectivity index (χ1) is 16.9. The Morgan fingerprint density at radius 1 is 1.17 bits per heavy atom. The number of carbonyl (C=O) groups excluding carboxylic acids is 1. The van der Waals surface area contributed by atoms with Crippen LogP contribution in [0.15, 0.2) is 59.8 Å². The second-order valence-electron chi connectivity index (χ2n) is 7.53. The number of carbonyl (C=O) groups is 1. The second kappa shape index (κ2) is 10.0. The lowest BCUT2D eigenvalue weighted by Crippen LogP contribution is -2.28. The predicted molar refractivity (Wildman–Crippen MR) is 126 cm³/mol. The van der Waals surface area contributed by atoms with E-state index in [0.717, 1.165) is 0 Å². The van der Waals surface area contributed by atoms with Gasteiger partial charge in [0, 0.05) is 24.7 Å². The minimum absolute atomic E-state index is 0.0493. The van der Waals surface area contributed by atoms with Crippen LogP contribution in [0.2, 0.25) is 0 Å². The summed E-state index contributed by atoms with van der Waals surface area (Å²) in [4.78, 5) is 40.3. The van der Waals surface area contributed by atoms with Gasteiger partial charge in [-0.25, -0.2) is 9.67 Å². The molecule has 0 aliphatic heterocycles. The van der Waals surface area contributed by atoms with Gasteiger partial charge in [0.2, 0.25) is 0 Å². The molecule has 0 atom stereocenters. The molecule has 12 nitrogen and oxygen atoms in total. The molecule has 0 saturated carbocycles. The Balaban J connectivity index is 1.46. The number of hydrogen-bond acceptors (Lipinski definition) is 8. The van der Waals surface area contributed by atoms with Crippen molar-refractivity contribution < 1.29 is 19.2 Å². The van der Waals surface area contributed by atoms with Gasteiger partial charge in [-0.2, -0.15) is 5.10 Å². The van der Waals surface area contributed by atoms with Gasteiger partial charge in [-0.15, -0.1) is 0 Å². The summed E-state index contributed by atoms with van der Waals surface area (Å²) >= 11 is 0. The summed E-state index contributed by atoms with van der Waals surface area (Å²) in [7, 11) is 3.00. The van der Waals surface area contributed by atoms with E-state index in [2.05, 4.69) is 15.4 Å². The SMILES string of the molecule is COc1ccc(C(=O)NCCn2ncc3c(=O)n(Cc4cccc([N+](=O)[O-])c4)cnc32)c(OC)c1. The third-order valence-corrected chi connectivity index (χ3v) is 5.36. The zero-order valence-corrected chi connectivity index (χ0v) is 19.0. The van der Waals surface area contributed by atoms with Gasteiger partial charge in [-0.3, -0.25) is 24.3 Å². The van der Waals surface area contributed by atoms with Crippen LogP contribution in [0.5, 0.6) is 11.5 Å². The average Bonchev–Trinajstić information content (AvgIpc) is 3.29. The topological polar surface area (TPSA) is 143 Å². The van der Waals surface area contributed by atoms with E-state index in [-0.39, 0.29) is 36.8 Å². The third kappa shape index (κ3) is 4.95. The maximum absolute atomic E-state index is 12.9. The monoisotopic (exact) mass is 478 g/mol. The highest BCUT2D eigenvalue weighted by molar-refractivity contribution is 5.97. The minimum Gasteiger partial charge on any atom is -0.497 e. The molecule has 4 aromatic rings. The summed E-state index contributed by atoms with van der Waals surface area (Å²) in [6.07, 6.45) is 2.80. The molecule has 35 heavy (non-hydrogen) atoms. The molecule has 0 spiro atoms. The van der Waals surface area contributed by atoms with Crippen LogP contribution in [0, 0.1) is 10.1 Å². The summed E-state index contributed by atoms with van der Waals surface area (Å²) in [6, 6.07) is 11.0. The van der Waals surface area contributed by atoms with Crippen LogP contribution in [0.4, 0.5) is 5.69 Å². The van der Waals surface area contributed by atoms with Crippen molar-refractivity contribution in [3.05, 3.63) is 86.6 Å². The van der Waals surface area contributed by atoms with Crippen LogP contribution in [0.1, 0.15) is 15.9 Å². The summed E-state index contributed by atoms with van der Waals surface area (Å²) in [5, 5.41) is 18.3. The molecule has 0 bridgehead atoms. The van der Waals surface area contributed by atoms with Gasteiger partial charge < -0.3 is 14.8 Å². The highest BCUT2D eigenvalue weighted by atomic mass is 16.6. The first-order valence-electron chi connectivity index (χ1n) is 10.6. The lowest BCUT2D eigenvalue weighted by molar-refractivity contribution is -0.384. The van der Waals surface area contributed by atoms with E-state index < -0.39 is 4.92 Å². The van der Waals surface area contributed by atoms with Crippen molar-refractivity contribution in [1.82, 2.24) is 24.6 Å². The smallest absolute Gasteiger partial charge is 0.269 e. The number of aromatic nitrogens is 4. The average molecular weight is 478 g/mol. The molecule has 1 N–H and O–H groups in total. The normalized spacial score (nSPS) is 10.8. The second-order valence-corrected chi connectivity index (χ2v) is 7.53. The van der Waals surface area contributed by atoms with Gasteiger partial charge in [0.25, 0.3) is 17.2 Å². The van der Waals surface area contributed by atoms with Crippen LogP contribution < -0.4 is 20.3 Å². The van der Waals surface area contributed by atoms with Crippen molar-refractivity contribution in [3.63, 3.8) is 0 Å². The highest BCUT2D eigenvalue weighted by Crippen LogP contribution is 2.24. The van der Waals surface area contributed by atoms with Crippen molar-refractivity contribution in [3.8, 4) is 11.5 Å². The molecule has 2 aromatic carbocycles. The molecule has 1 amide bonds. The Morgan fingerprint density at radius 2 is 2.00 bits per heavy atom. The number of nitrogens with one attached hydrogen (secondary N) is 1. The van der Waals surface area contributed by atoms with Gasteiger partial charge in [-0.05, 0) is 17.7 Å². The third-order valence-electron chi connectivity index (χ3n) is 5.36. The molecule has 0 saturated heterocycles. The summed E-state index contributed by atoms with van der Waals surface area (Å²) in [6.45, 7) is 0.659. The minimum atomic E-state index is -0.485. The lowest BCUT2D eigenvalue weighted by atomic mass is 10.1. The molecule has 0 unspecified atom stereocenters. The number of non-ortho nitro benzene ring substituents is 1. The van der Waals surface area contributed by atoms with E-state index in [1.165, 1.54) is 48.1 Å². The Hall–Kier alpha value is -4.74. The first-order valence-corrected chi connectivity index (χ1v) is 10.6. The zero-order chi connectivity index (χ0) is 24.9. The molecule has 2 aromatic heterocycles. The number of benzene rings is 2. The molecule has 12 heteroatoms. The van der Waals surface area contributed by atoms with Crippen molar-refractivity contribution in [2.45, 2.75) is 13.1 Å². The van der Waals surface area contributed by atoms with Crippen molar-refractivity contribution in [2.75, 3.05) is 20.8 Å². The van der Waals surface area contributed by atoms with E-state index in [1.54, 1.807) is 30.3 Å². The largest absolute Gasteiger partial charge is 0.497 e. The highest BCUT2D eigenvalue weighted by Gasteiger charge is 2.15. The van der Waals surface area contributed by atoms with Crippen LogP contribution in [0.25, 0.3) is 11.0 Å². The molecule has 180 valence electrons. The number of nitrogens with zero attached hydrogens (tertiary/aromatic N) is 5. The number of rotatable bonds is 9. The molecular formula is C23H22N6O6. The number of nitro benzene ring substituents is 1. The molecule has 2 heterocycles. The van der Waals surface area contributed by atoms with E-state index in [1.807, 2.05) is 0 Å². The van der Waals surface area contributed by atoms with E-state index in [9.17, 15) is 19.7 Å². The van der Waals surface area contributed by atoms with Crippen LogP contribution in [-0.4, -0.2) is 50.9 Å². The van der Waals surface area contributed by atoms with Crippen molar-refractivity contribution in [1.29, 1.82) is 0 Å². The fourth-order valence-electron chi connectivity index (χ4n) is 3.60. The van der Waals surface area contributed by atoms with E-state index in [4.69, 9.17) is 9.47 Å². The molecule has 0 fully saturated rings. The van der Waals surface area contributed by atoms with Gasteiger partial charge in [0.1, 0.15) is 23.2 Å². The van der Waals surface area contributed by atoms with Gasteiger partial charge in [0.15, 0.2) is 5.65 Å². The molecule has 4 rings (SSSR count). The molecule has 0 radical (unpaired) electrons. The van der Waals surface area contributed by atoms with Gasteiger partial charge in [0.05, 0.1) is 44.0 Å². The summed E-state index contributed by atoms with van der Waals surface area (Å²) in [5.74, 6) is 0.634. The van der Waals surface area contributed by atoms with Crippen molar-refractivity contribution >= 4 is 22.6 Å². The summed E-state index contributed by atoms with van der Waals surface area (Å²) < 4.78 is 13.3. The number of methoxy groups -OCH3 is 2.